The zero-order valence-corrected chi connectivity index (χ0v) is 9.34. The average Bonchev–Trinajstić information content (AvgIpc) is 2.22. The minimum atomic E-state index is -0.563. The molecule has 1 aliphatic rings. The van der Waals surface area contributed by atoms with Gasteiger partial charge in [-0.3, -0.25) is 0 Å². The molecule has 3 atom stereocenters. The molecule has 1 aromatic rings. The van der Waals surface area contributed by atoms with E-state index in [0.717, 1.165) is 6.07 Å². The van der Waals surface area contributed by atoms with Gasteiger partial charge in [0.15, 0.2) is 0 Å². The normalized spacial score (nSPS) is 30.4. The van der Waals surface area contributed by atoms with Gasteiger partial charge in [0, 0.05) is 24.2 Å². The number of morpholine rings is 1. The van der Waals surface area contributed by atoms with Crippen LogP contribution in [0.1, 0.15) is 25.5 Å². The second-order valence-electron chi connectivity index (χ2n) is 4.19. The molecule has 2 nitrogen and oxygen atoms in total. The smallest absolute Gasteiger partial charge is 0.131 e. The third kappa shape index (κ3) is 2.23. The Morgan fingerprint density at radius 3 is 2.69 bits per heavy atom. The minimum absolute atomic E-state index is 0.0169. The molecular weight excluding hydrogens is 212 g/mol. The van der Waals surface area contributed by atoms with Crippen LogP contribution in [0.15, 0.2) is 18.2 Å². The molecule has 0 radical (unpaired) electrons. The van der Waals surface area contributed by atoms with E-state index in [-0.39, 0.29) is 18.2 Å². The molecule has 1 aliphatic heterocycles. The van der Waals surface area contributed by atoms with Gasteiger partial charge in [-0.25, -0.2) is 8.78 Å². The molecular formula is C12H15F2NO. The van der Waals surface area contributed by atoms with Gasteiger partial charge in [0.05, 0.1) is 12.2 Å². The Hall–Kier alpha value is -1.00. The summed E-state index contributed by atoms with van der Waals surface area (Å²) in [5.74, 6) is -1.11. The number of ether oxygens (including phenoxy) is 1. The van der Waals surface area contributed by atoms with Crippen LogP contribution >= 0.6 is 0 Å². The summed E-state index contributed by atoms with van der Waals surface area (Å²) in [6, 6.07) is 3.84. The number of halogens is 2. The van der Waals surface area contributed by atoms with E-state index in [1.165, 1.54) is 12.1 Å². The van der Waals surface area contributed by atoms with Crippen LogP contribution in [0.2, 0.25) is 0 Å². The molecule has 1 fully saturated rings. The van der Waals surface area contributed by atoms with E-state index < -0.39 is 11.6 Å². The molecule has 1 N–H and O–H groups in total. The lowest BCUT2D eigenvalue weighted by Gasteiger charge is -2.34. The van der Waals surface area contributed by atoms with Gasteiger partial charge in [-0.15, -0.1) is 0 Å². The Bertz CT molecular complexity index is 383. The van der Waals surface area contributed by atoms with Gasteiger partial charge in [-0.05, 0) is 19.9 Å². The summed E-state index contributed by atoms with van der Waals surface area (Å²) < 4.78 is 31.9. The van der Waals surface area contributed by atoms with Gasteiger partial charge in [0.25, 0.3) is 0 Å². The van der Waals surface area contributed by atoms with Gasteiger partial charge >= 0.3 is 0 Å². The maximum Gasteiger partial charge on any atom is 0.131 e. The third-order valence-corrected chi connectivity index (χ3v) is 3.02. The van der Waals surface area contributed by atoms with Crippen LogP contribution in [0.25, 0.3) is 0 Å². The molecule has 2 rings (SSSR count). The number of hydrogen-bond donors (Lipinski definition) is 1. The fraction of sp³-hybridized carbons (Fsp3) is 0.500. The first-order valence-corrected chi connectivity index (χ1v) is 5.41. The summed E-state index contributed by atoms with van der Waals surface area (Å²) in [5, 5.41) is 3.24. The summed E-state index contributed by atoms with van der Waals surface area (Å²) in [4.78, 5) is 0. The zero-order valence-electron chi connectivity index (χ0n) is 9.34. The highest BCUT2D eigenvalue weighted by molar-refractivity contribution is 5.22. The van der Waals surface area contributed by atoms with Crippen molar-refractivity contribution in [2.45, 2.75) is 32.1 Å². The summed E-state index contributed by atoms with van der Waals surface area (Å²) in [7, 11) is 0. The fourth-order valence-electron chi connectivity index (χ4n) is 1.83. The van der Waals surface area contributed by atoms with Crippen LogP contribution in [-0.4, -0.2) is 18.7 Å². The van der Waals surface area contributed by atoms with Gasteiger partial charge < -0.3 is 10.1 Å². The first-order valence-electron chi connectivity index (χ1n) is 5.41. The molecule has 3 unspecified atom stereocenters. The van der Waals surface area contributed by atoms with Crippen LogP contribution in [-0.2, 0) is 4.74 Å². The molecule has 0 amide bonds. The number of nitrogens with one attached hydrogen (secondary N) is 1. The largest absolute Gasteiger partial charge is 0.368 e. The molecule has 16 heavy (non-hydrogen) atoms. The first-order chi connectivity index (χ1) is 7.58. The van der Waals surface area contributed by atoms with Crippen molar-refractivity contribution in [1.82, 2.24) is 5.32 Å². The predicted molar refractivity (Wildman–Crippen MR) is 57.1 cm³/mol. The molecule has 0 aliphatic carbocycles. The molecule has 1 saturated heterocycles. The number of hydrogen-bond acceptors (Lipinski definition) is 2. The highest BCUT2D eigenvalue weighted by Crippen LogP contribution is 2.25. The van der Waals surface area contributed by atoms with Crippen LogP contribution in [0.4, 0.5) is 8.78 Å². The molecule has 0 bridgehead atoms. The second-order valence-corrected chi connectivity index (χ2v) is 4.19. The summed E-state index contributed by atoms with van der Waals surface area (Å²) in [5.41, 5.74) is 0.410. The number of rotatable bonds is 1. The maximum absolute atomic E-state index is 13.5. The van der Waals surface area contributed by atoms with E-state index in [4.69, 9.17) is 4.74 Å². The van der Waals surface area contributed by atoms with Gasteiger partial charge in [-0.1, -0.05) is 6.07 Å². The van der Waals surface area contributed by atoms with E-state index in [0.29, 0.717) is 12.1 Å². The summed E-state index contributed by atoms with van der Waals surface area (Å²) >= 11 is 0. The van der Waals surface area contributed by atoms with Gasteiger partial charge in [0.2, 0.25) is 0 Å². The molecule has 4 heteroatoms. The lowest BCUT2D eigenvalue weighted by atomic mass is 10.0. The topological polar surface area (TPSA) is 21.3 Å². The minimum Gasteiger partial charge on any atom is -0.368 e. The third-order valence-electron chi connectivity index (χ3n) is 3.02. The average molecular weight is 227 g/mol. The van der Waals surface area contributed by atoms with Gasteiger partial charge in [0.1, 0.15) is 11.6 Å². The first kappa shape index (κ1) is 11.5. The SMILES string of the molecule is CC1NCC(c2ccc(F)cc2F)OC1C. The second kappa shape index (κ2) is 4.47. The van der Waals surface area contributed by atoms with E-state index >= 15 is 0 Å². The van der Waals surface area contributed by atoms with Crippen LogP contribution < -0.4 is 5.32 Å². The predicted octanol–water partition coefficient (Wildman–Crippen LogP) is 2.40. The zero-order chi connectivity index (χ0) is 11.7. The molecule has 0 saturated carbocycles. The maximum atomic E-state index is 13.5. The van der Waals surface area contributed by atoms with E-state index in [9.17, 15) is 8.78 Å². The molecule has 88 valence electrons. The van der Waals surface area contributed by atoms with E-state index in [2.05, 4.69) is 5.32 Å². The number of benzene rings is 1. The lowest BCUT2D eigenvalue weighted by molar-refractivity contribution is -0.0523. The van der Waals surface area contributed by atoms with E-state index in [1.54, 1.807) is 0 Å². The van der Waals surface area contributed by atoms with Crippen molar-refractivity contribution in [3.05, 3.63) is 35.4 Å². The van der Waals surface area contributed by atoms with Crippen molar-refractivity contribution < 1.29 is 13.5 Å². The Morgan fingerprint density at radius 2 is 2.06 bits per heavy atom. The Kier molecular flexibility index (Phi) is 3.21. The highest BCUT2D eigenvalue weighted by atomic mass is 19.1. The molecule has 1 heterocycles. The lowest BCUT2D eigenvalue weighted by Crippen LogP contribution is -2.46. The van der Waals surface area contributed by atoms with Crippen molar-refractivity contribution >= 4 is 0 Å². The Labute approximate surface area is 93.6 Å². The van der Waals surface area contributed by atoms with Gasteiger partial charge in [-0.2, -0.15) is 0 Å². The van der Waals surface area contributed by atoms with Crippen molar-refractivity contribution in [2.24, 2.45) is 0 Å². The van der Waals surface area contributed by atoms with Crippen molar-refractivity contribution in [3.8, 4) is 0 Å². The Balaban J connectivity index is 2.18. The van der Waals surface area contributed by atoms with Crippen LogP contribution in [0.3, 0.4) is 0 Å². The van der Waals surface area contributed by atoms with Crippen molar-refractivity contribution in [1.29, 1.82) is 0 Å². The molecule has 0 aromatic heterocycles. The monoisotopic (exact) mass is 227 g/mol. The summed E-state index contributed by atoms with van der Waals surface area (Å²) in [6.45, 7) is 4.50. The molecule has 1 aromatic carbocycles. The Morgan fingerprint density at radius 1 is 1.31 bits per heavy atom. The van der Waals surface area contributed by atoms with Crippen molar-refractivity contribution in [2.75, 3.05) is 6.54 Å². The standard InChI is InChI=1S/C12H15F2NO/c1-7-8(2)16-12(6-15-7)10-4-3-9(13)5-11(10)14/h3-5,7-8,12,15H,6H2,1-2H3. The summed E-state index contributed by atoms with van der Waals surface area (Å²) in [6.07, 6.45) is -0.324. The highest BCUT2D eigenvalue weighted by Gasteiger charge is 2.27. The van der Waals surface area contributed by atoms with Crippen LogP contribution in [0.5, 0.6) is 0 Å². The van der Waals surface area contributed by atoms with Crippen molar-refractivity contribution in [3.63, 3.8) is 0 Å². The molecule has 0 spiro atoms. The van der Waals surface area contributed by atoms with E-state index in [1.807, 2.05) is 13.8 Å². The van der Waals surface area contributed by atoms with Crippen LogP contribution in [0, 0.1) is 11.6 Å². The quantitative estimate of drug-likeness (QED) is 0.795. The fourth-order valence-corrected chi connectivity index (χ4v) is 1.83.